The average molecular weight is 312 g/mol. The number of hydrogen-bond acceptors (Lipinski definition) is 3. The Morgan fingerprint density at radius 2 is 1.83 bits per heavy atom. The molecular formula is C18H24N4O. The fourth-order valence-corrected chi connectivity index (χ4v) is 3.67. The number of carbonyl (C=O) groups is 1. The Kier molecular flexibility index (Phi) is 3.83. The van der Waals surface area contributed by atoms with Gasteiger partial charge in [0.1, 0.15) is 0 Å². The molecule has 0 radical (unpaired) electrons. The fraction of sp³-hybridized carbons (Fsp3) is 0.500. The van der Waals surface area contributed by atoms with Crippen molar-refractivity contribution < 1.29 is 4.79 Å². The van der Waals surface area contributed by atoms with Gasteiger partial charge in [0, 0.05) is 50.5 Å². The van der Waals surface area contributed by atoms with Crippen LogP contribution in [0.2, 0.25) is 0 Å². The van der Waals surface area contributed by atoms with E-state index in [2.05, 4.69) is 51.7 Å². The van der Waals surface area contributed by atoms with Gasteiger partial charge in [-0.1, -0.05) is 18.2 Å². The number of nitrogens with zero attached hydrogens (tertiary/aromatic N) is 4. The summed E-state index contributed by atoms with van der Waals surface area (Å²) in [5, 5.41) is 1.27. The van der Waals surface area contributed by atoms with Crippen LogP contribution in [0.15, 0.2) is 30.3 Å². The van der Waals surface area contributed by atoms with Crippen LogP contribution in [0.4, 0.5) is 0 Å². The van der Waals surface area contributed by atoms with Crippen molar-refractivity contribution in [3.8, 4) is 0 Å². The van der Waals surface area contributed by atoms with Gasteiger partial charge in [-0.15, -0.1) is 0 Å². The summed E-state index contributed by atoms with van der Waals surface area (Å²) in [5.41, 5.74) is 2.54. The number of rotatable bonds is 2. The molecule has 4 rings (SSSR count). The predicted octanol–water partition coefficient (Wildman–Crippen LogP) is 1.23. The molecule has 3 heterocycles. The van der Waals surface area contributed by atoms with Gasteiger partial charge in [-0.25, -0.2) is 0 Å². The largest absolute Gasteiger partial charge is 0.341 e. The number of aromatic nitrogens is 1. The number of fused-ring (bicyclic) bond motifs is 3. The van der Waals surface area contributed by atoms with Crippen molar-refractivity contribution in [1.82, 2.24) is 19.3 Å². The molecule has 0 spiro atoms. The Labute approximate surface area is 137 Å². The molecule has 1 amide bonds. The molecule has 122 valence electrons. The number of hydrogen-bond donors (Lipinski definition) is 0. The van der Waals surface area contributed by atoms with Gasteiger partial charge in [0.2, 0.25) is 5.91 Å². The average Bonchev–Trinajstić information content (AvgIpc) is 2.94. The normalized spacial score (nSPS) is 20.0. The Bertz CT molecular complexity index is 715. The lowest BCUT2D eigenvalue weighted by atomic mass is 10.2. The van der Waals surface area contributed by atoms with E-state index in [1.807, 2.05) is 4.90 Å². The molecule has 5 heteroatoms. The van der Waals surface area contributed by atoms with Crippen LogP contribution in [-0.4, -0.2) is 71.5 Å². The van der Waals surface area contributed by atoms with Crippen LogP contribution in [-0.2, 0) is 17.9 Å². The summed E-state index contributed by atoms with van der Waals surface area (Å²) in [7, 11) is 2.14. The predicted molar refractivity (Wildman–Crippen MR) is 91.3 cm³/mol. The molecule has 23 heavy (non-hydrogen) atoms. The highest BCUT2D eigenvalue weighted by molar-refractivity contribution is 5.82. The summed E-state index contributed by atoms with van der Waals surface area (Å²) in [6, 6.07) is 10.7. The number of para-hydroxylation sites is 1. The van der Waals surface area contributed by atoms with Gasteiger partial charge in [0.05, 0.1) is 13.1 Å². The fourth-order valence-electron chi connectivity index (χ4n) is 3.67. The van der Waals surface area contributed by atoms with Crippen LogP contribution in [0, 0.1) is 0 Å². The lowest BCUT2D eigenvalue weighted by Gasteiger charge is -2.34. The molecule has 1 saturated heterocycles. The van der Waals surface area contributed by atoms with Crippen molar-refractivity contribution in [2.75, 3.05) is 46.3 Å². The van der Waals surface area contributed by atoms with E-state index in [9.17, 15) is 4.79 Å². The van der Waals surface area contributed by atoms with Crippen molar-refractivity contribution in [2.45, 2.75) is 13.1 Å². The van der Waals surface area contributed by atoms with E-state index < -0.39 is 0 Å². The van der Waals surface area contributed by atoms with E-state index in [1.165, 1.54) is 16.6 Å². The van der Waals surface area contributed by atoms with Gasteiger partial charge in [0.25, 0.3) is 0 Å². The molecule has 1 aromatic heterocycles. The number of benzene rings is 1. The second-order valence-corrected chi connectivity index (χ2v) is 6.74. The Morgan fingerprint density at radius 1 is 1.04 bits per heavy atom. The quantitative estimate of drug-likeness (QED) is 0.836. The van der Waals surface area contributed by atoms with Gasteiger partial charge < -0.3 is 14.4 Å². The van der Waals surface area contributed by atoms with Gasteiger partial charge in [0.15, 0.2) is 0 Å². The first-order valence-electron chi connectivity index (χ1n) is 8.46. The first kappa shape index (κ1) is 14.7. The number of piperazine rings is 1. The molecule has 2 aromatic rings. The van der Waals surface area contributed by atoms with Crippen LogP contribution in [0.5, 0.6) is 0 Å². The molecule has 1 aromatic carbocycles. The Hall–Kier alpha value is -1.85. The van der Waals surface area contributed by atoms with E-state index in [1.54, 1.807) is 0 Å². The molecule has 2 aliphatic rings. The first-order valence-corrected chi connectivity index (χ1v) is 8.46. The summed E-state index contributed by atoms with van der Waals surface area (Å²) >= 11 is 0. The van der Waals surface area contributed by atoms with Crippen molar-refractivity contribution >= 4 is 16.8 Å². The molecule has 2 aliphatic heterocycles. The molecule has 0 bridgehead atoms. The number of amides is 1. The van der Waals surface area contributed by atoms with Crippen LogP contribution in [0.3, 0.4) is 0 Å². The molecule has 0 atom stereocenters. The summed E-state index contributed by atoms with van der Waals surface area (Å²) in [4.78, 5) is 19.3. The Morgan fingerprint density at radius 3 is 2.65 bits per heavy atom. The highest BCUT2D eigenvalue weighted by atomic mass is 16.2. The maximum Gasteiger partial charge on any atom is 0.237 e. The lowest BCUT2D eigenvalue weighted by molar-refractivity contribution is -0.134. The van der Waals surface area contributed by atoms with Crippen LogP contribution < -0.4 is 0 Å². The van der Waals surface area contributed by atoms with E-state index in [0.717, 1.165) is 45.8 Å². The third kappa shape index (κ3) is 2.86. The van der Waals surface area contributed by atoms with Gasteiger partial charge in [-0.05, 0) is 24.6 Å². The molecule has 0 N–H and O–H groups in total. The monoisotopic (exact) mass is 312 g/mol. The van der Waals surface area contributed by atoms with Crippen LogP contribution in [0.1, 0.15) is 5.69 Å². The second kappa shape index (κ2) is 5.98. The number of carbonyl (C=O) groups excluding carboxylic acids is 1. The molecule has 0 saturated carbocycles. The van der Waals surface area contributed by atoms with Gasteiger partial charge >= 0.3 is 0 Å². The van der Waals surface area contributed by atoms with Crippen molar-refractivity contribution in [2.24, 2.45) is 0 Å². The van der Waals surface area contributed by atoms with Crippen LogP contribution in [0.25, 0.3) is 10.9 Å². The molecule has 0 unspecified atom stereocenters. The zero-order valence-corrected chi connectivity index (χ0v) is 13.7. The van der Waals surface area contributed by atoms with Crippen molar-refractivity contribution in [3.05, 3.63) is 36.0 Å². The molecular weight excluding hydrogens is 288 g/mol. The minimum Gasteiger partial charge on any atom is -0.341 e. The third-order valence-corrected chi connectivity index (χ3v) is 5.15. The SMILES string of the molecule is CN1CCN(CC(=O)N2CCn3c(cc4ccccc43)C2)CC1. The first-order chi connectivity index (χ1) is 11.2. The standard InChI is InChI=1S/C18H24N4O/c1-19-6-8-20(9-7-19)14-18(23)21-10-11-22-16(13-21)12-15-4-2-3-5-17(15)22/h2-5,12H,6-11,13-14H2,1H3. The van der Waals surface area contributed by atoms with Gasteiger partial charge in [-0.2, -0.15) is 0 Å². The molecule has 0 aliphatic carbocycles. The highest BCUT2D eigenvalue weighted by Crippen LogP contribution is 2.24. The highest BCUT2D eigenvalue weighted by Gasteiger charge is 2.24. The topological polar surface area (TPSA) is 31.7 Å². The van der Waals surface area contributed by atoms with E-state index >= 15 is 0 Å². The minimum atomic E-state index is 0.269. The second-order valence-electron chi connectivity index (χ2n) is 6.74. The summed E-state index contributed by atoms with van der Waals surface area (Å²) in [6.07, 6.45) is 0. The number of likely N-dealkylation sites (N-methyl/N-ethyl adjacent to an activating group) is 1. The van der Waals surface area contributed by atoms with E-state index in [4.69, 9.17) is 0 Å². The zero-order valence-electron chi connectivity index (χ0n) is 13.7. The van der Waals surface area contributed by atoms with Crippen molar-refractivity contribution in [3.63, 3.8) is 0 Å². The third-order valence-electron chi connectivity index (χ3n) is 5.15. The maximum atomic E-state index is 12.6. The zero-order chi connectivity index (χ0) is 15.8. The summed E-state index contributed by atoms with van der Waals surface area (Å²) in [6.45, 7) is 7.13. The Balaban J connectivity index is 1.44. The summed E-state index contributed by atoms with van der Waals surface area (Å²) < 4.78 is 2.36. The molecule has 1 fully saturated rings. The molecule has 5 nitrogen and oxygen atoms in total. The van der Waals surface area contributed by atoms with Crippen molar-refractivity contribution in [1.29, 1.82) is 0 Å². The minimum absolute atomic E-state index is 0.269. The lowest BCUT2D eigenvalue weighted by Crippen LogP contribution is -2.49. The van der Waals surface area contributed by atoms with Crippen LogP contribution >= 0.6 is 0 Å². The van der Waals surface area contributed by atoms with Gasteiger partial charge in [-0.3, -0.25) is 9.69 Å². The smallest absolute Gasteiger partial charge is 0.237 e. The summed E-state index contributed by atoms with van der Waals surface area (Å²) in [5.74, 6) is 0.269. The van der Waals surface area contributed by atoms with E-state index in [0.29, 0.717) is 6.54 Å². The maximum absolute atomic E-state index is 12.6. The van der Waals surface area contributed by atoms with E-state index in [-0.39, 0.29) is 5.91 Å².